The van der Waals surface area contributed by atoms with Crippen LogP contribution in [0.25, 0.3) is 0 Å². The van der Waals surface area contributed by atoms with Gasteiger partial charge in [-0.05, 0) is 0 Å². The minimum atomic E-state index is -4.42. The van der Waals surface area contributed by atoms with Gasteiger partial charge in [-0.1, -0.05) is 0 Å². The fourth-order valence-electron chi connectivity index (χ4n) is 0. The van der Waals surface area contributed by atoms with E-state index in [0.717, 1.165) is 0 Å². The average Bonchev–Trinajstić information content (AvgIpc) is 1.35. The van der Waals surface area contributed by atoms with Crippen LogP contribution in [0.2, 0.25) is 0 Å². The number of rotatable bonds is 0. The minimum Gasteiger partial charge on any atom is -0.344 e. The molecule has 0 radical (unpaired) electrons. The van der Waals surface area contributed by atoms with Crippen molar-refractivity contribution >= 4 is 6.21 Å². The van der Waals surface area contributed by atoms with Crippen LogP contribution in [0.15, 0.2) is 0 Å². The second-order valence-corrected chi connectivity index (χ2v) is 0.686. The van der Waals surface area contributed by atoms with Gasteiger partial charge in [-0.2, -0.15) is 13.2 Å². The maximum absolute atomic E-state index is 10.5. The third-order valence-corrected chi connectivity index (χ3v) is 0.164. The predicted octanol–water partition coefficient (Wildman–Crippen LogP) is 1.36. The molecule has 0 unspecified atom stereocenters. The van der Waals surface area contributed by atoms with Crippen LogP contribution in [0.1, 0.15) is 0 Å². The Kier molecular flexibility index (Phi) is 3.54. The highest BCUT2D eigenvalue weighted by Gasteiger charge is 2.21. The van der Waals surface area contributed by atoms with Gasteiger partial charge in [-0.25, -0.2) is 0 Å². The minimum absolute atomic E-state index is 0. The smallest absolute Gasteiger partial charge is 0.344 e. The molecular formula is C2H5F3N2. The molecule has 0 aromatic rings. The topological polar surface area (TPSA) is 58.9 Å². The van der Waals surface area contributed by atoms with Gasteiger partial charge in [0.2, 0.25) is 0 Å². The third kappa shape index (κ3) is 10.8. The SMILES string of the molecule is N.N=CC(F)(F)F. The zero-order chi connectivity index (χ0) is 5.21. The Morgan fingerprint density at radius 1 is 1.29 bits per heavy atom. The molecule has 0 fully saturated rings. The number of halogens is 3. The average molecular weight is 114 g/mol. The molecule has 2 nitrogen and oxygen atoms in total. The van der Waals surface area contributed by atoms with E-state index < -0.39 is 12.4 Å². The maximum atomic E-state index is 10.5. The van der Waals surface area contributed by atoms with Gasteiger partial charge in [0.05, 0.1) is 6.21 Å². The molecule has 0 saturated carbocycles. The summed E-state index contributed by atoms with van der Waals surface area (Å²) in [7, 11) is 0. The van der Waals surface area contributed by atoms with Crippen molar-refractivity contribution in [2.75, 3.05) is 0 Å². The molecule has 44 valence electrons. The van der Waals surface area contributed by atoms with E-state index in [9.17, 15) is 13.2 Å². The fourth-order valence-corrected chi connectivity index (χ4v) is 0. The van der Waals surface area contributed by atoms with E-state index in [1.165, 1.54) is 0 Å². The summed E-state index contributed by atoms with van der Waals surface area (Å²) in [5, 5.41) is 5.60. The fraction of sp³-hybridized carbons (Fsp3) is 0.500. The van der Waals surface area contributed by atoms with Gasteiger partial charge < -0.3 is 11.6 Å². The van der Waals surface area contributed by atoms with Crippen molar-refractivity contribution in [3.8, 4) is 0 Å². The van der Waals surface area contributed by atoms with Gasteiger partial charge in [-0.3, -0.25) is 0 Å². The molecule has 0 amide bonds. The van der Waals surface area contributed by atoms with E-state index in [4.69, 9.17) is 5.41 Å². The number of alkyl halides is 3. The lowest BCUT2D eigenvalue weighted by atomic mass is 10.7. The van der Waals surface area contributed by atoms with Crippen LogP contribution in [-0.2, 0) is 0 Å². The van der Waals surface area contributed by atoms with E-state index in [0.29, 0.717) is 0 Å². The van der Waals surface area contributed by atoms with Crippen molar-refractivity contribution in [2.45, 2.75) is 6.18 Å². The Bertz CT molecular complexity index is 56.4. The molecule has 5 heteroatoms. The van der Waals surface area contributed by atoms with E-state index in [1.807, 2.05) is 0 Å². The number of nitrogens with one attached hydrogen (secondary N) is 1. The lowest BCUT2D eigenvalue weighted by Gasteiger charge is -1.90. The first-order valence-corrected chi connectivity index (χ1v) is 1.14. The van der Waals surface area contributed by atoms with Crippen LogP contribution in [0, 0.1) is 5.41 Å². The molecule has 0 atom stereocenters. The van der Waals surface area contributed by atoms with Gasteiger partial charge in [-0.15, -0.1) is 0 Å². The largest absolute Gasteiger partial charge is 0.425 e. The molecular weight excluding hydrogens is 109 g/mol. The summed E-state index contributed by atoms with van der Waals surface area (Å²) in [6, 6.07) is 0. The molecule has 4 N–H and O–H groups in total. The molecule has 0 spiro atoms. The van der Waals surface area contributed by atoms with Crippen molar-refractivity contribution in [1.82, 2.24) is 6.15 Å². The van der Waals surface area contributed by atoms with Crippen molar-refractivity contribution in [1.29, 1.82) is 5.41 Å². The Morgan fingerprint density at radius 2 is 1.43 bits per heavy atom. The first kappa shape index (κ1) is 9.65. The van der Waals surface area contributed by atoms with Crippen molar-refractivity contribution in [3.05, 3.63) is 0 Å². The van der Waals surface area contributed by atoms with Crippen LogP contribution in [0.5, 0.6) is 0 Å². The van der Waals surface area contributed by atoms with Crippen molar-refractivity contribution < 1.29 is 13.2 Å². The predicted molar refractivity (Wildman–Crippen MR) is 19.9 cm³/mol. The van der Waals surface area contributed by atoms with Gasteiger partial charge in [0.25, 0.3) is 0 Å². The van der Waals surface area contributed by atoms with Crippen molar-refractivity contribution in [3.63, 3.8) is 0 Å². The highest BCUT2D eigenvalue weighted by Crippen LogP contribution is 2.08. The highest BCUT2D eigenvalue weighted by atomic mass is 19.4. The van der Waals surface area contributed by atoms with Crippen LogP contribution < -0.4 is 6.15 Å². The molecule has 0 bridgehead atoms. The summed E-state index contributed by atoms with van der Waals surface area (Å²) in [4.78, 5) is 0. The van der Waals surface area contributed by atoms with Crippen molar-refractivity contribution in [2.24, 2.45) is 0 Å². The molecule has 7 heavy (non-hydrogen) atoms. The first-order chi connectivity index (χ1) is 2.56. The molecule has 0 aromatic heterocycles. The molecule has 0 rings (SSSR count). The Morgan fingerprint density at radius 3 is 1.43 bits per heavy atom. The quantitative estimate of drug-likeness (QED) is 0.459. The number of hydrogen-bond donors (Lipinski definition) is 2. The van der Waals surface area contributed by atoms with E-state index in [-0.39, 0.29) is 6.15 Å². The Hall–Kier alpha value is -0.580. The maximum Gasteiger partial charge on any atom is 0.425 e. The standard InChI is InChI=1S/C2H2F3N.H3N/c3-2(4,5)1-6;/h1,6H;1H3. The molecule has 0 saturated heterocycles. The number of hydrogen-bond acceptors (Lipinski definition) is 2. The monoisotopic (exact) mass is 114 g/mol. The van der Waals surface area contributed by atoms with E-state index in [2.05, 4.69) is 0 Å². The summed E-state index contributed by atoms with van der Waals surface area (Å²) in [5.74, 6) is 0. The summed E-state index contributed by atoms with van der Waals surface area (Å²) in [6.45, 7) is 0. The normalized spacial score (nSPS) is 9.57. The Labute approximate surface area is 38.4 Å². The van der Waals surface area contributed by atoms with Crippen LogP contribution >= 0.6 is 0 Å². The van der Waals surface area contributed by atoms with Gasteiger partial charge in [0.1, 0.15) is 0 Å². The lowest BCUT2D eigenvalue weighted by molar-refractivity contribution is -0.0542. The van der Waals surface area contributed by atoms with Crippen LogP contribution in [0.4, 0.5) is 13.2 Å². The van der Waals surface area contributed by atoms with Gasteiger partial charge in [0, 0.05) is 0 Å². The van der Waals surface area contributed by atoms with Gasteiger partial charge >= 0.3 is 6.18 Å². The van der Waals surface area contributed by atoms with Crippen LogP contribution in [0.3, 0.4) is 0 Å². The molecule has 0 aromatic carbocycles. The van der Waals surface area contributed by atoms with E-state index >= 15 is 0 Å². The summed E-state index contributed by atoms with van der Waals surface area (Å²) >= 11 is 0. The lowest BCUT2D eigenvalue weighted by Crippen LogP contribution is -2.06. The zero-order valence-corrected chi connectivity index (χ0v) is 3.42. The second kappa shape index (κ2) is 2.57. The summed E-state index contributed by atoms with van der Waals surface area (Å²) < 4.78 is 31.6. The first-order valence-electron chi connectivity index (χ1n) is 1.14. The molecule has 0 heterocycles. The summed E-state index contributed by atoms with van der Waals surface area (Å²) in [6.07, 6.45) is -4.98. The zero-order valence-electron chi connectivity index (χ0n) is 3.42. The van der Waals surface area contributed by atoms with Crippen LogP contribution in [-0.4, -0.2) is 12.4 Å². The summed E-state index contributed by atoms with van der Waals surface area (Å²) in [5.41, 5.74) is 0. The second-order valence-electron chi connectivity index (χ2n) is 0.686. The molecule has 0 aliphatic carbocycles. The molecule has 0 aliphatic rings. The molecule has 0 aliphatic heterocycles. The highest BCUT2D eigenvalue weighted by molar-refractivity contribution is 5.59. The van der Waals surface area contributed by atoms with E-state index in [1.54, 1.807) is 0 Å². The Balaban J connectivity index is 0. The third-order valence-electron chi connectivity index (χ3n) is 0.164. The van der Waals surface area contributed by atoms with Gasteiger partial charge in [0.15, 0.2) is 0 Å².